The standard InChI is InChI=1S/C29H38N4O4S/c1-19-17-32(24-8-6-20(7-9-24)18-38(2,36)37)10-11-33(19)26-5-3-4-25(30-26)28(34)31-27-22-12-21-13-23(27)16-29(35,14-21)15-22/h3-9,19,21-23,27,35H,10-18H2,1-2H3,(H,31,34)/t19-,21?,22?,23?,27?,29?/m1/s1. The molecule has 38 heavy (non-hydrogen) atoms. The van der Waals surface area contributed by atoms with E-state index in [2.05, 4.69) is 22.0 Å². The second-order valence-corrected chi connectivity index (χ2v) is 14.4. The molecular formula is C29H38N4O4S. The predicted molar refractivity (Wildman–Crippen MR) is 148 cm³/mol. The second kappa shape index (κ2) is 9.52. The number of nitrogens with one attached hydrogen (secondary N) is 1. The predicted octanol–water partition coefficient (Wildman–Crippen LogP) is 3.01. The van der Waals surface area contributed by atoms with Gasteiger partial charge in [0.2, 0.25) is 0 Å². The minimum absolute atomic E-state index is 0.0534. The van der Waals surface area contributed by atoms with Crippen LogP contribution in [0.5, 0.6) is 0 Å². The summed E-state index contributed by atoms with van der Waals surface area (Å²) in [5.41, 5.74) is 1.82. The molecule has 2 aromatic rings. The Morgan fingerprint density at radius 2 is 1.79 bits per heavy atom. The molecule has 4 aliphatic carbocycles. The summed E-state index contributed by atoms with van der Waals surface area (Å²) in [7, 11) is -3.05. The van der Waals surface area contributed by atoms with Gasteiger partial charge in [-0.25, -0.2) is 13.4 Å². The van der Waals surface area contributed by atoms with Gasteiger partial charge in [0.1, 0.15) is 11.5 Å². The van der Waals surface area contributed by atoms with Crippen molar-refractivity contribution in [1.29, 1.82) is 0 Å². The van der Waals surface area contributed by atoms with Crippen molar-refractivity contribution in [2.75, 3.05) is 35.7 Å². The molecule has 1 aromatic heterocycles. The molecule has 1 saturated heterocycles. The van der Waals surface area contributed by atoms with Crippen LogP contribution in [0.1, 0.15) is 55.1 Å². The van der Waals surface area contributed by atoms with E-state index in [4.69, 9.17) is 4.98 Å². The first kappa shape index (κ1) is 25.6. The van der Waals surface area contributed by atoms with Crippen LogP contribution in [0.2, 0.25) is 0 Å². The molecule has 8 nitrogen and oxygen atoms in total. The highest BCUT2D eigenvalue weighted by molar-refractivity contribution is 7.89. The van der Waals surface area contributed by atoms with Gasteiger partial charge >= 0.3 is 0 Å². The fraction of sp³-hybridized carbons (Fsp3) is 0.586. The minimum atomic E-state index is -3.05. The number of hydrogen-bond acceptors (Lipinski definition) is 7. The third-order valence-electron chi connectivity index (χ3n) is 9.16. The van der Waals surface area contributed by atoms with E-state index >= 15 is 0 Å². The molecule has 1 aliphatic heterocycles. The highest BCUT2D eigenvalue weighted by Crippen LogP contribution is 2.55. The van der Waals surface area contributed by atoms with Gasteiger partial charge in [0, 0.05) is 43.7 Å². The van der Waals surface area contributed by atoms with Crippen molar-refractivity contribution in [1.82, 2.24) is 10.3 Å². The summed E-state index contributed by atoms with van der Waals surface area (Å²) < 4.78 is 23.2. The Bertz CT molecular complexity index is 1300. The number of anilines is 2. The van der Waals surface area contributed by atoms with Crippen LogP contribution in [0.15, 0.2) is 42.5 Å². The second-order valence-electron chi connectivity index (χ2n) is 12.3. The first-order chi connectivity index (χ1) is 18.1. The largest absolute Gasteiger partial charge is 0.390 e. The lowest BCUT2D eigenvalue weighted by molar-refractivity contribution is -0.136. The summed E-state index contributed by atoms with van der Waals surface area (Å²) in [5, 5.41) is 14.2. The smallest absolute Gasteiger partial charge is 0.270 e. The van der Waals surface area contributed by atoms with Crippen molar-refractivity contribution >= 4 is 27.2 Å². The number of aromatic nitrogens is 1. The van der Waals surface area contributed by atoms with Gasteiger partial charge in [-0.05, 0) is 86.6 Å². The number of benzene rings is 1. The van der Waals surface area contributed by atoms with Crippen LogP contribution in [-0.2, 0) is 15.6 Å². The zero-order valence-corrected chi connectivity index (χ0v) is 23.0. The molecule has 2 unspecified atom stereocenters. The number of hydrogen-bond donors (Lipinski definition) is 2. The number of pyridine rings is 1. The van der Waals surface area contributed by atoms with Crippen LogP contribution in [0, 0.1) is 17.8 Å². The highest BCUT2D eigenvalue weighted by Gasteiger charge is 2.55. The maximum atomic E-state index is 13.3. The molecule has 5 fully saturated rings. The van der Waals surface area contributed by atoms with Gasteiger partial charge in [0.15, 0.2) is 9.84 Å². The number of aliphatic hydroxyl groups is 1. The molecule has 4 saturated carbocycles. The first-order valence-corrected chi connectivity index (χ1v) is 15.9. The van der Waals surface area contributed by atoms with Crippen LogP contribution in [0.3, 0.4) is 0 Å². The molecule has 4 bridgehead atoms. The van der Waals surface area contributed by atoms with Gasteiger partial charge in [0.05, 0.1) is 11.4 Å². The molecule has 0 radical (unpaired) electrons. The van der Waals surface area contributed by atoms with Crippen molar-refractivity contribution in [3.05, 3.63) is 53.7 Å². The van der Waals surface area contributed by atoms with Crippen LogP contribution < -0.4 is 15.1 Å². The van der Waals surface area contributed by atoms with E-state index in [1.54, 1.807) is 6.07 Å². The lowest BCUT2D eigenvalue weighted by Crippen LogP contribution is -2.61. The van der Waals surface area contributed by atoms with Crippen LogP contribution in [-0.4, -0.2) is 68.0 Å². The van der Waals surface area contributed by atoms with E-state index in [9.17, 15) is 18.3 Å². The minimum Gasteiger partial charge on any atom is -0.390 e. The fourth-order valence-electron chi connectivity index (χ4n) is 7.79. The Morgan fingerprint density at radius 1 is 1.08 bits per heavy atom. The van der Waals surface area contributed by atoms with Gasteiger partial charge in [-0.3, -0.25) is 4.79 Å². The number of carbonyl (C=O) groups is 1. The van der Waals surface area contributed by atoms with Gasteiger partial charge in [0.25, 0.3) is 5.91 Å². The number of rotatable bonds is 6. The Kier molecular flexibility index (Phi) is 6.42. The summed E-state index contributed by atoms with van der Waals surface area (Å²) in [6.45, 7) is 4.55. The maximum Gasteiger partial charge on any atom is 0.270 e. The van der Waals surface area contributed by atoms with E-state index in [-0.39, 0.29) is 23.7 Å². The molecule has 3 atom stereocenters. The molecule has 204 valence electrons. The number of nitrogens with zero attached hydrogens (tertiary/aromatic N) is 3. The monoisotopic (exact) mass is 538 g/mol. The summed E-state index contributed by atoms with van der Waals surface area (Å²) in [5.74, 6) is 2.10. The summed E-state index contributed by atoms with van der Waals surface area (Å²) >= 11 is 0. The number of amides is 1. The Hall–Kier alpha value is -2.65. The lowest BCUT2D eigenvalue weighted by atomic mass is 9.52. The summed E-state index contributed by atoms with van der Waals surface area (Å²) in [6.07, 6.45) is 6.02. The number of piperazine rings is 1. The Morgan fingerprint density at radius 3 is 2.42 bits per heavy atom. The van der Waals surface area contributed by atoms with Gasteiger partial charge in [-0.1, -0.05) is 18.2 Å². The Balaban J connectivity index is 1.10. The topological polar surface area (TPSA) is 103 Å². The average molecular weight is 539 g/mol. The maximum absolute atomic E-state index is 13.3. The molecule has 1 aromatic carbocycles. The highest BCUT2D eigenvalue weighted by atomic mass is 32.2. The van der Waals surface area contributed by atoms with E-state index in [1.165, 1.54) is 6.26 Å². The van der Waals surface area contributed by atoms with Crippen LogP contribution in [0.25, 0.3) is 0 Å². The molecule has 2 heterocycles. The average Bonchev–Trinajstić information content (AvgIpc) is 2.84. The quantitative estimate of drug-likeness (QED) is 0.583. The zero-order valence-electron chi connectivity index (χ0n) is 22.2. The molecule has 9 heteroatoms. The summed E-state index contributed by atoms with van der Waals surface area (Å²) in [4.78, 5) is 22.6. The van der Waals surface area contributed by atoms with Crippen molar-refractivity contribution in [3.63, 3.8) is 0 Å². The van der Waals surface area contributed by atoms with Crippen LogP contribution >= 0.6 is 0 Å². The van der Waals surface area contributed by atoms with E-state index in [1.807, 2.05) is 36.4 Å². The third-order valence-corrected chi connectivity index (χ3v) is 10.0. The zero-order chi connectivity index (χ0) is 26.7. The molecule has 0 spiro atoms. The molecular weight excluding hydrogens is 500 g/mol. The van der Waals surface area contributed by atoms with Crippen LogP contribution in [0.4, 0.5) is 11.5 Å². The van der Waals surface area contributed by atoms with Crippen molar-refractivity contribution in [3.8, 4) is 0 Å². The van der Waals surface area contributed by atoms with E-state index in [0.717, 1.165) is 68.8 Å². The van der Waals surface area contributed by atoms with E-state index < -0.39 is 15.4 Å². The van der Waals surface area contributed by atoms with E-state index in [0.29, 0.717) is 23.4 Å². The van der Waals surface area contributed by atoms with Gasteiger partial charge < -0.3 is 20.2 Å². The molecule has 1 amide bonds. The lowest BCUT2D eigenvalue weighted by Gasteiger charge is -2.58. The number of carbonyl (C=O) groups excluding carboxylic acids is 1. The fourth-order valence-corrected chi connectivity index (χ4v) is 8.59. The normalized spacial score (nSPS) is 32.4. The molecule has 5 aliphatic rings. The Labute approximate surface area is 225 Å². The van der Waals surface area contributed by atoms with Gasteiger partial charge in [-0.2, -0.15) is 0 Å². The third kappa shape index (κ3) is 5.15. The SMILES string of the molecule is C[C@@H]1CN(c2ccc(CS(C)(=O)=O)cc2)CCN1c1cccc(C(=O)NC2C3CC4CC2CC(O)(C4)C3)n1. The summed E-state index contributed by atoms with van der Waals surface area (Å²) in [6, 6.07) is 13.8. The molecule has 7 rings (SSSR count). The number of sulfone groups is 1. The first-order valence-electron chi connectivity index (χ1n) is 13.8. The van der Waals surface area contributed by atoms with Crippen molar-refractivity contribution in [2.24, 2.45) is 17.8 Å². The van der Waals surface area contributed by atoms with Crippen molar-refractivity contribution in [2.45, 2.75) is 62.5 Å². The molecule has 2 N–H and O–H groups in total. The van der Waals surface area contributed by atoms with Crippen molar-refractivity contribution < 1.29 is 18.3 Å². The van der Waals surface area contributed by atoms with Gasteiger partial charge in [-0.15, -0.1) is 0 Å².